The lowest BCUT2D eigenvalue weighted by Crippen LogP contribution is -2.50. The summed E-state index contributed by atoms with van der Waals surface area (Å²) in [4.78, 5) is 27.7. The van der Waals surface area contributed by atoms with E-state index < -0.39 is 6.04 Å². The predicted molar refractivity (Wildman–Crippen MR) is 132 cm³/mol. The molecular formula is C24H29Cl2FN2O2S. The van der Waals surface area contributed by atoms with E-state index in [4.69, 9.17) is 23.2 Å². The fourth-order valence-electron chi connectivity index (χ4n) is 3.14. The van der Waals surface area contributed by atoms with Crippen LogP contribution in [0.15, 0.2) is 42.5 Å². The van der Waals surface area contributed by atoms with Gasteiger partial charge in [-0.25, -0.2) is 4.39 Å². The van der Waals surface area contributed by atoms with Gasteiger partial charge in [-0.15, -0.1) is 11.8 Å². The number of halogens is 3. The zero-order valence-corrected chi connectivity index (χ0v) is 20.9. The average Bonchev–Trinajstić information content (AvgIpc) is 2.75. The summed E-state index contributed by atoms with van der Waals surface area (Å²) in [7, 11) is 0. The maximum absolute atomic E-state index is 13.9. The van der Waals surface area contributed by atoms with Gasteiger partial charge in [-0.2, -0.15) is 0 Å². The Morgan fingerprint density at radius 1 is 1.09 bits per heavy atom. The molecule has 174 valence electrons. The van der Waals surface area contributed by atoms with Crippen LogP contribution in [0.3, 0.4) is 0 Å². The van der Waals surface area contributed by atoms with E-state index in [0.717, 1.165) is 0 Å². The number of hydrogen-bond donors (Lipinski definition) is 1. The first-order valence-electron chi connectivity index (χ1n) is 10.6. The molecule has 0 aromatic heterocycles. The smallest absolute Gasteiger partial charge is 0.242 e. The molecule has 2 rings (SSSR count). The molecule has 0 fully saturated rings. The third-order valence-corrected chi connectivity index (χ3v) is 6.58. The highest BCUT2D eigenvalue weighted by molar-refractivity contribution is 7.99. The number of nitrogens with one attached hydrogen (secondary N) is 1. The summed E-state index contributed by atoms with van der Waals surface area (Å²) >= 11 is 14.0. The molecule has 0 aliphatic carbocycles. The lowest BCUT2D eigenvalue weighted by atomic mass is 10.1. The Bertz CT molecular complexity index is 906. The van der Waals surface area contributed by atoms with Gasteiger partial charge in [0.25, 0.3) is 0 Å². The van der Waals surface area contributed by atoms with E-state index >= 15 is 0 Å². The maximum atomic E-state index is 13.9. The summed E-state index contributed by atoms with van der Waals surface area (Å²) in [6.45, 7) is 6.51. The van der Waals surface area contributed by atoms with Gasteiger partial charge < -0.3 is 10.2 Å². The monoisotopic (exact) mass is 498 g/mol. The quantitative estimate of drug-likeness (QED) is 0.416. The summed E-state index contributed by atoms with van der Waals surface area (Å²) in [6.07, 6.45) is 0.440. The molecule has 8 heteroatoms. The molecule has 0 aliphatic heterocycles. The summed E-state index contributed by atoms with van der Waals surface area (Å²) in [5.74, 6) is 0.00657. The van der Waals surface area contributed by atoms with Crippen molar-refractivity contribution in [2.45, 2.75) is 45.5 Å². The fraction of sp³-hybridized carbons (Fsp3) is 0.417. The topological polar surface area (TPSA) is 49.4 Å². The number of carbonyl (C=O) groups is 2. The van der Waals surface area contributed by atoms with E-state index in [1.54, 1.807) is 36.4 Å². The molecule has 2 aromatic carbocycles. The van der Waals surface area contributed by atoms with Gasteiger partial charge in [-0.1, -0.05) is 68.2 Å². The number of hydrogen-bond acceptors (Lipinski definition) is 3. The molecule has 2 aromatic rings. The molecule has 0 radical (unpaired) electrons. The minimum atomic E-state index is -0.664. The fourth-order valence-corrected chi connectivity index (χ4v) is 4.56. The van der Waals surface area contributed by atoms with Crippen LogP contribution in [0.4, 0.5) is 4.39 Å². The number of rotatable bonds is 11. The van der Waals surface area contributed by atoms with E-state index in [1.807, 2.05) is 20.8 Å². The predicted octanol–water partition coefficient (Wildman–Crippen LogP) is 5.95. The number of carbonyl (C=O) groups excluding carboxylic acids is 2. The van der Waals surface area contributed by atoms with Crippen LogP contribution in [0, 0.1) is 11.7 Å². The zero-order valence-electron chi connectivity index (χ0n) is 18.5. The minimum Gasteiger partial charge on any atom is -0.354 e. The molecule has 0 spiro atoms. The van der Waals surface area contributed by atoms with Crippen molar-refractivity contribution < 1.29 is 14.0 Å². The Kier molecular flexibility index (Phi) is 10.8. The first kappa shape index (κ1) is 26.5. The van der Waals surface area contributed by atoms with Gasteiger partial charge in [0.1, 0.15) is 11.9 Å². The van der Waals surface area contributed by atoms with Crippen LogP contribution in [0.1, 0.15) is 38.3 Å². The van der Waals surface area contributed by atoms with Crippen molar-refractivity contribution in [1.82, 2.24) is 10.2 Å². The number of nitrogens with zero attached hydrogens (tertiary/aromatic N) is 1. The first-order valence-corrected chi connectivity index (χ1v) is 12.5. The van der Waals surface area contributed by atoms with Crippen molar-refractivity contribution in [1.29, 1.82) is 0 Å². The van der Waals surface area contributed by atoms with Crippen molar-refractivity contribution in [3.63, 3.8) is 0 Å². The van der Waals surface area contributed by atoms with Crippen LogP contribution in [-0.4, -0.2) is 35.1 Å². The maximum Gasteiger partial charge on any atom is 0.242 e. The molecule has 1 N–H and O–H groups in total. The van der Waals surface area contributed by atoms with Crippen LogP contribution in [0.25, 0.3) is 0 Å². The third kappa shape index (κ3) is 7.68. The van der Waals surface area contributed by atoms with Crippen LogP contribution in [0.2, 0.25) is 10.0 Å². The van der Waals surface area contributed by atoms with Crippen molar-refractivity contribution in [3.8, 4) is 0 Å². The Labute approximate surface area is 203 Å². The highest BCUT2D eigenvalue weighted by Gasteiger charge is 2.29. The van der Waals surface area contributed by atoms with E-state index in [-0.39, 0.29) is 35.8 Å². The van der Waals surface area contributed by atoms with E-state index in [0.29, 0.717) is 39.9 Å². The van der Waals surface area contributed by atoms with Crippen LogP contribution >= 0.6 is 35.0 Å². The van der Waals surface area contributed by atoms with E-state index in [2.05, 4.69) is 5.32 Å². The molecule has 0 bridgehead atoms. The van der Waals surface area contributed by atoms with Crippen molar-refractivity contribution in [3.05, 3.63) is 69.5 Å². The van der Waals surface area contributed by atoms with Crippen molar-refractivity contribution in [2.75, 3.05) is 12.3 Å². The van der Waals surface area contributed by atoms with Gasteiger partial charge in [-0.3, -0.25) is 9.59 Å². The number of amides is 2. The second kappa shape index (κ2) is 13.1. The Morgan fingerprint density at radius 3 is 2.34 bits per heavy atom. The van der Waals surface area contributed by atoms with Crippen LogP contribution in [0.5, 0.6) is 0 Å². The lowest BCUT2D eigenvalue weighted by Gasteiger charge is -2.31. The van der Waals surface area contributed by atoms with Gasteiger partial charge in [0.15, 0.2) is 0 Å². The third-order valence-electron chi connectivity index (χ3n) is 4.90. The molecular weight excluding hydrogens is 470 g/mol. The Morgan fingerprint density at radius 2 is 1.75 bits per heavy atom. The number of thioether (sulfide) groups is 1. The summed E-state index contributed by atoms with van der Waals surface area (Å²) in [5, 5.41) is 3.79. The van der Waals surface area contributed by atoms with Gasteiger partial charge in [0.05, 0.1) is 5.75 Å². The Balaban J connectivity index is 2.20. The molecule has 32 heavy (non-hydrogen) atoms. The highest BCUT2D eigenvalue weighted by Crippen LogP contribution is 2.27. The van der Waals surface area contributed by atoms with Gasteiger partial charge in [0.2, 0.25) is 11.8 Å². The molecule has 0 unspecified atom stereocenters. The molecule has 4 nitrogen and oxygen atoms in total. The molecule has 0 saturated heterocycles. The van der Waals surface area contributed by atoms with Crippen molar-refractivity contribution in [2.24, 2.45) is 5.92 Å². The van der Waals surface area contributed by atoms with Crippen LogP contribution in [-0.2, 0) is 21.9 Å². The average molecular weight is 499 g/mol. The molecule has 1 atom stereocenters. The van der Waals surface area contributed by atoms with Gasteiger partial charge >= 0.3 is 0 Å². The normalized spacial score (nSPS) is 12.0. The van der Waals surface area contributed by atoms with Gasteiger partial charge in [-0.05, 0) is 36.1 Å². The first-order chi connectivity index (χ1) is 15.2. The van der Waals surface area contributed by atoms with Crippen LogP contribution < -0.4 is 5.32 Å². The molecule has 0 saturated carbocycles. The Hall–Kier alpha value is -1.76. The second-order valence-corrected chi connectivity index (χ2v) is 9.67. The van der Waals surface area contributed by atoms with Gasteiger partial charge in [0, 0.05) is 34.5 Å². The molecule has 2 amide bonds. The van der Waals surface area contributed by atoms with Crippen molar-refractivity contribution >= 4 is 46.8 Å². The standard InChI is InChI=1S/C24H29Cl2FN2O2S/c1-4-22(24(31)28-12-16(2)3)29(13-18-19(25)9-7-10-20(18)26)23(30)15-32-14-17-8-5-6-11-21(17)27/h5-11,16,22H,4,12-15H2,1-3H3,(H,28,31)/t22-/m0/s1. The summed E-state index contributed by atoms with van der Waals surface area (Å²) in [6, 6.07) is 11.0. The zero-order chi connectivity index (χ0) is 23.7. The minimum absolute atomic E-state index is 0.102. The largest absolute Gasteiger partial charge is 0.354 e. The lowest BCUT2D eigenvalue weighted by molar-refractivity contribution is -0.139. The summed E-state index contributed by atoms with van der Waals surface area (Å²) in [5.41, 5.74) is 1.13. The SMILES string of the molecule is CC[C@@H](C(=O)NCC(C)C)N(Cc1c(Cl)cccc1Cl)C(=O)CSCc1ccccc1F. The highest BCUT2D eigenvalue weighted by atomic mass is 35.5. The second-order valence-electron chi connectivity index (χ2n) is 7.87. The molecule has 0 aliphatic rings. The molecule has 0 heterocycles. The van der Waals surface area contributed by atoms with E-state index in [9.17, 15) is 14.0 Å². The summed E-state index contributed by atoms with van der Waals surface area (Å²) < 4.78 is 13.9. The number of benzene rings is 2. The van der Waals surface area contributed by atoms with E-state index in [1.165, 1.54) is 22.7 Å².